The Bertz CT molecular complexity index is 818. The summed E-state index contributed by atoms with van der Waals surface area (Å²) in [6, 6.07) is 9.79. The SMILES string of the molecule is O=C(c1ccn[nH]1)N1CCN(c2nncc3ccccc23)CC1. The predicted octanol–water partition coefficient (Wildman–Crippen LogP) is 1.32. The molecule has 0 atom stereocenters. The summed E-state index contributed by atoms with van der Waals surface area (Å²) in [6.07, 6.45) is 3.37. The van der Waals surface area contributed by atoms with Crippen molar-refractivity contribution in [3.8, 4) is 0 Å². The first kappa shape index (κ1) is 13.7. The molecular weight excluding hydrogens is 292 g/mol. The molecule has 1 fully saturated rings. The summed E-state index contributed by atoms with van der Waals surface area (Å²) in [5.74, 6) is 0.878. The van der Waals surface area contributed by atoms with Crippen molar-refractivity contribution in [2.45, 2.75) is 0 Å². The lowest BCUT2D eigenvalue weighted by Gasteiger charge is -2.35. The van der Waals surface area contributed by atoms with Gasteiger partial charge in [0.05, 0.1) is 6.20 Å². The molecule has 0 bridgehead atoms. The van der Waals surface area contributed by atoms with Gasteiger partial charge in [0, 0.05) is 43.1 Å². The number of aromatic nitrogens is 4. The molecule has 4 rings (SSSR count). The Balaban J connectivity index is 1.52. The number of H-pyrrole nitrogens is 1. The maximum absolute atomic E-state index is 12.3. The third-order valence-electron chi connectivity index (χ3n) is 4.15. The minimum absolute atomic E-state index is 0.00819. The summed E-state index contributed by atoms with van der Waals surface area (Å²) in [5.41, 5.74) is 0.531. The molecule has 7 heteroatoms. The Kier molecular flexibility index (Phi) is 3.38. The molecule has 3 heterocycles. The highest BCUT2D eigenvalue weighted by Gasteiger charge is 2.24. The van der Waals surface area contributed by atoms with E-state index in [2.05, 4.69) is 31.4 Å². The summed E-state index contributed by atoms with van der Waals surface area (Å²) in [7, 11) is 0. The van der Waals surface area contributed by atoms with Gasteiger partial charge in [-0.05, 0) is 6.07 Å². The van der Waals surface area contributed by atoms with Gasteiger partial charge >= 0.3 is 0 Å². The van der Waals surface area contributed by atoms with Gasteiger partial charge in [-0.2, -0.15) is 10.2 Å². The first-order chi connectivity index (χ1) is 11.3. The monoisotopic (exact) mass is 308 g/mol. The molecule has 1 aromatic carbocycles. The topological polar surface area (TPSA) is 78.0 Å². The number of nitrogens with zero attached hydrogens (tertiary/aromatic N) is 5. The maximum Gasteiger partial charge on any atom is 0.271 e. The highest BCUT2D eigenvalue weighted by Crippen LogP contribution is 2.24. The number of nitrogens with one attached hydrogen (secondary N) is 1. The van der Waals surface area contributed by atoms with Gasteiger partial charge in [-0.15, -0.1) is 5.10 Å². The van der Waals surface area contributed by atoms with Crippen LogP contribution in [0.1, 0.15) is 10.5 Å². The molecular formula is C16H16N6O. The number of anilines is 1. The minimum atomic E-state index is -0.00819. The van der Waals surface area contributed by atoms with Crippen LogP contribution in [0.4, 0.5) is 5.82 Å². The molecule has 1 N–H and O–H groups in total. The third-order valence-corrected chi connectivity index (χ3v) is 4.15. The van der Waals surface area contributed by atoms with E-state index in [1.54, 1.807) is 18.5 Å². The van der Waals surface area contributed by atoms with Crippen LogP contribution in [0.3, 0.4) is 0 Å². The van der Waals surface area contributed by atoms with Crippen LogP contribution < -0.4 is 4.90 Å². The van der Waals surface area contributed by atoms with E-state index < -0.39 is 0 Å². The Morgan fingerprint density at radius 2 is 1.91 bits per heavy atom. The fraction of sp³-hybridized carbons (Fsp3) is 0.250. The fourth-order valence-electron chi connectivity index (χ4n) is 2.91. The van der Waals surface area contributed by atoms with Crippen LogP contribution in [-0.2, 0) is 0 Å². The van der Waals surface area contributed by atoms with E-state index in [4.69, 9.17) is 0 Å². The minimum Gasteiger partial charge on any atom is -0.351 e. The van der Waals surface area contributed by atoms with Crippen LogP contribution in [0.15, 0.2) is 42.7 Å². The zero-order valence-electron chi connectivity index (χ0n) is 12.5. The molecule has 0 spiro atoms. The molecule has 0 radical (unpaired) electrons. The van der Waals surface area contributed by atoms with Gasteiger partial charge in [0.1, 0.15) is 5.69 Å². The van der Waals surface area contributed by atoms with Crippen LogP contribution in [0.25, 0.3) is 10.8 Å². The van der Waals surface area contributed by atoms with E-state index in [0.717, 1.165) is 29.7 Å². The van der Waals surface area contributed by atoms with Crippen LogP contribution in [0.2, 0.25) is 0 Å². The van der Waals surface area contributed by atoms with E-state index in [-0.39, 0.29) is 5.91 Å². The largest absolute Gasteiger partial charge is 0.351 e. The van der Waals surface area contributed by atoms with Crippen molar-refractivity contribution in [2.75, 3.05) is 31.1 Å². The lowest BCUT2D eigenvalue weighted by atomic mass is 10.1. The Morgan fingerprint density at radius 1 is 1.09 bits per heavy atom. The number of hydrogen-bond acceptors (Lipinski definition) is 5. The number of carbonyl (C=O) groups excluding carboxylic acids is 1. The predicted molar refractivity (Wildman–Crippen MR) is 86.2 cm³/mol. The standard InChI is InChI=1S/C16H16N6O/c23-16(14-5-6-17-19-14)22-9-7-21(8-10-22)15-13-4-2-1-3-12(13)11-18-20-15/h1-6,11H,7-10H2,(H,17,19). The summed E-state index contributed by atoms with van der Waals surface area (Å²) in [4.78, 5) is 16.3. The molecule has 3 aromatic rings. The van der Waals surface area contributed by atoms with Crippen LogP contribution in [0.5, 0.6) is 0 Å². The average molecular weight is 308 g/mol. The summed E-state index contributed by atoms with van der Waals surface area (Å²) in [5, 5.41) is 17.1. The number of aromatic amines is 1. The van der Waals surface area contributed by atoms with E-state index >= 15 is 0 Å². The van der Waals surface area contributed by atoms with Gasteiger partial charge in [-0.25, -0.2) is 0 Å². The van der Waals surface area contributed by atoms with Gasteiger partial charge in [-0.1, -0.05) is 24.3 Å². The van der Waals surface area contributed by atoms with Crippen molar-refractivity contribution in [3.05, 3.63) is 48.4 Å². The molecule has 1 saturated heterocycles. The Hall–Kier alpha value is -2.96. The van der Waals surface area contributed by atoms with Crippen molar-refractivity contribution < 1.29 is 4.79 Å². The zero-order chi connectivity index (χ0) is 15.6. The zero-order valence-corrected chi connectivity index (χ0v) is 12.5. The molecule has 7 nitrogen and oxygen atoms in total. The smallest absolute Gasteiger partial charge is 0.271 e. The first-order valence-corrected chi connectivity index (χ1v) is 7.57. The number of carbonyl (C=O) groups is 1. The van der Waals surface area contributed by atoms with E-state index in [1.807, 2.05) is 23.1 Å². The quantitative estimate of drug-likeness (QED) is 0.772. The van der Waals surface area contributed by atoms with E-state index in [0.29, 0.717) is 18.8 Å². The molecule has 0 saturated carbocycles. The van der Waals surface area contributed by atoms with Crippen LogP contribution in [-0.4, -0.2) is 57.4 Å². The summed E-state index contributed by atoms with van der Waals surface area (Å²) in [6.45, 7) is 2.79. The molecule has 116 valence electrons. The lowest BCUT2D eigenvalue weighted by molar-refractivity contribution is 0.0740. The van der Waals surface area contributed by atoms with Crippen molar-refractivity contribution in [1.82, 2.24) is 25.3 Å². The number of piperazine rings is 1. The Morgan fingerprint density at radius 3 is 2.70 bits per heavy atom. The summed E-state index contributed by atoms with van der Waals surface area (Å²) >= 11 is 0. The number of hydrogen-bond donors (Lipinski definition) is 1. The second-order valence-electron chi connectivity index (χ2n) is 5.50. The molecule has 1 aliphatic rings. The van der Waals surface area contributed by atoms with Crippen LogP contribution >= 0.6 is 0 Å². The van der Waals surface area contributed by atoms with Gasteiger partial charge in [0.2, 0.25) is 0 Å². The number of amides is 1. The highest BCUT2D eigenvalue weighted by atomic mass is 16.2. The van der Waals surface area contributed by atoms with Gasteiger partial charge in [0.15, 0.2) is 5.82 Å². The highest BCUT2D eigenvalue weighted by molar-refractivity contribution is 5.93. The van der Waals surface area contributed by atoms with Crippen molar-refractivity contribution in [3.63, 3.8) is 0 Å². The molecule has 2 aromatic heterocycles. The second kappa shape index (κ2) is 5.68. The molecule has 23 heavy (non-hydrogen) atoms. The first-order valence-electron chi connectivity index (χ1n) is 7.57. The summed E-state index contributed by atoms with van der Waals surface area (Å²) < 4.78 is 0. The van der Waals surface area contributed by atoms with Gasteiger partial charge in [-0.3, -0.25) is 9.89 Å². The lowest BCUT2D eigenvalue weighted by Crippen LogP contribution is -2.49. The Labute approximate surface area is 132 Å². The molecule has 1 aliphatic heterocycles. The van der Waals surface area contributed by atoms with Crippen LogP contribution in [0, 0.1) is 0 Å². The normalized spacial score (nSPS) is 15.1. The average Bonchev–Trinajstić information content (AvgIpc) is 3.15. The molecule has 1 amide bonds. The fourth-order valence-corrected chi connectivity index (χ4v) is 2.91. The third kappa shape index (κ3) is 2.50. The molecule has 0 unspecified atom stereocenters. The van der Waals surface area contributed by atoms with Crippen molar-refractivity contribution in [2.24, 2.45) is 0 Å². The van der Waals surface area contributed by atoms with E-state index in [1.165, 1.54) is 0 Å². The number of fused-ring (bicyclic) bond motifs is 1. The van der Waals surface area contributed by atoms with Crippen molar-refractivity contribution in [1.29, 1.82) is 0 Å². The van der Waals surface area contributed by atoms with E-state index in [9.17, 15) is 4.79 Å². The maximum atomic E-state index is 12.3. The van der Waals surface area contributed by atoms with Gasteiger partial charge in [0.25, 0.3) is 5.91 Å². The molecule has 0 aliphatic carbocycles. The van der Waals surface area contributed by atoms with Crippen molar-refractivity contribution >= 4 is 22.5 Å². The van der Waals surface area contributed by atoms with Gasteiger partial charge < -0.3 is 9.80 Å². The number of benzene rings is 1. The number of rotatable bonds is 2. The second-order valence-corrected chi connectivity index (χ2v) is 5.50.